The smallest absolute Gasteiger partial charge is 0.336 e. The molecule has 2 heterocycles. The van der Waals surface area contributed by atoms with Crippen LogP contribution >= 0.6 is 0 Å². The van der Waals surface area contributed by atoms with Crippen molar-refractivity contribution in [1.29, 1.82) is 0 Å². The van der Waals surface area contributed by atoms with Gasteiger partial charge in [-0.2, -0.15) is 0 Å². The average molecular weight is 299 g/mol. The molecular formula is C17H17NO4. The first kappa shape index (κ1) is 14.4. The second-order valence-corrected chi connectivity index (χ2v) is 5.30. The van der Waals surface area contributed by atoms with Crippen LogP contribution in [0.15, 0.2) is 50.2 Å². The molecule has 0 aliphatic rings. The highest BCUT2D eigenvalue weighted by Gasteiger charge is 2.12. The highest BCUT2D eigenvalue weighted by Crippen LogP contribution is 2.27. The molecule has 3 rings (SSSR count). The SMILES string of the molecule is Cc1c(O)ccc2c(CN[C@H](C)c3ccco3)cc(=O)oc12. The number of phenols is 1. The number of rotatable bonds is 4. The lowest BCUT2D eigenvalue weighted by atomic mass is 10.1. The summed E-state index contributed by atoms with van der Waals surface area (Å²) >= 11 is 0. The highest BCUT2D eigenvalue weighted by atomic mass is 16.4. The van der Waals surface area contributed by atoms with Gasteiger partial charge in [-0.3, -0.25) is 0 Å². The van der Waals surface area contributed by atoms with Crippen LogP contribution in [0.5, 0.6) is 5.75 Å². The topological polar surface area (TPSA) is 75.6 Å². The van der Waals surface area contributed by atoms with Crippen LogP contribution in [0.3, 0.4) is 0 Å². The second-order valence-electron chi connectivity index (χ2n) is 5.30. The van der Waals surface area contributed by atoms with Crippen LogP contribution in [-0.2, 0) is 6.54 Å². The van der Waals surface area contributed by atoms with Gasteiger partial charge in [-0.15, -0.1) is 0 Å². The maximum atomic E-state index is 11.7. The van der Waals surface area contributed by atoms with E-state index in [1.54, 1.807) is 25.3 Å². The van der Waals surface area contributed by atoms with Gasteiger partial charge in [0, 0.05) is 23.6 Å². The molecule has 0 radical (unpaired) electrons. The molecule has 0 fully saturated rings. The minimum absolute atomic E-state index is 0.0236. The van der Waals surface area contributed by atoms with Gasteiger partial charge >= 0.3 is 5.63 Å². The zero-order valence-electron chi connectivity index (χ0n) is 12.4. The van der Waals surface area contributed by atoms with Crippen molar-refractivity contribution in [3.63, 3.8) is 0 Å². The van der Waals surface area contributed by atoms with Crippen molar-refractivity contribution in [1.82, 2.24) is 5.32 Å². The molecule has 1 atom stereocenters. The van der Waals surface area contributed by atoms with Crippen LogP contribution in [0, 0.1) is 6.92 Å². The van der Waals surface area contributed by atoms with E-state index < -0.39 is 5.63 Å². The van der Waals surface area contributed by atoms with Crippen molar-refractivity contribution in [3.8, 4) is 5.75 Å². The highest BCUT2D eigenvalue weighted by molar-refractivity contribution is 5.84. The fourth-order valence-electron chi connectivity index (χ4n) is 2.46. The summed E-state index contributed by atoms with van der Waals surface area (Å²) in [5.41, 5.74) is 1.39. The van der Waals surface area contributed by atoms with Crippen LogP contribution in [0.4, 0.5) is 0 Å². The molecule has 0 saturated heterocycles. The first-order valence-corrected chi connectivity index (χ1v) is 7.08. The van der Waals surface area contributed by atoms with Crippen LogP contribution in [0.25, 0.3) is 11.0 Å². The van der Waals surface area contributed by atoms with E-state index in [0.717, 1.165) is 16.7 Å². The molecule has 5 nitrogen and oxygen atoms in total. The lowest BCUT2D eigenvalue weighted by molar-refractivity contribution is 0.430. The lowest BCUT2D eigenvalue weighted by Gasteiger charge is -2.13. The fraction of sp³-hybridized carbons (Fsp3) is 0.235. The molecule has 0 aliphatic heterocycles. The first-order chi connectivity index (χ1) is 10.6. The quantitative estimate of drug-likeness (QED) is 0.723. The van der Waals surface area contributed by atoms with Crippen molar-refractivity contribution in [2.75, 3.05) is 0 Å². The minimum Gasteiger partial charge on any atom is -0.508 e. The largest absolute Gasteiger partial charge is 0.508 e. The van der Waals surface area contributed by atoms with E-state index in [1.807, 2.05) is 19.1 Å². The Morgan fingerprint density at radius 3 is 2.86 bits per heavy atom. The van der Waals surface area contributed by atoms with E-state index in [1.165, 1.54) is 6.07 Å². The molecule has 2 N–H and O–H groups in total. The van der Waals surface area contributed by atoms with E-state index >= 15 is 0 Å². The summed E-state index contributed by atoms with van der Waals surface area (Å²) in [4.78, 5) is 11.7. The molecule has 3 aromatic rings. The van der Waals surface area contributed by atoms with Crippen LogP contribution < -0.4 is 10.9 Å². The maximum Gasteiger partial charge on any atom is 0.336 e. The van der Waals surface area contributed by atoms with Gasteiger partial charge in [0.1, 0.15) is 17.1 Å². The van der Waals surface area contributed by atoms with Crippen molar-refractivity contribution >= 4 is 11.0 Å². The predicted molar refractivity (Wildman–Crippen MR) is 82.8 cm³/mol. The summed E-state index contributed by atoms with van der Waals surface area (Å²) < 4.78 is 10.6. The molecule has 0 unspecified atom stereocenters. The Morgan fingerprint density at radius 1 is 1.32 bits per heavy atom. The zero-order chi connectivity index (χ0) is 15.7. The number of nitrogens with one attached hydrogen (secondary N) is 1. The average Bonchev–Trinajstić information content (AvgIpc) is 3.03. The van der Waals surface area contributed by atoms with Gasteiger partial charge in [-0.25, -0.2) is 4.79 Å². The molecule has 0 aliphatic carbocycles. The summed E-state index contributed by atoms with van der Waals surface area (Å²) in [7, 11) is 0. The predicted octanol–water partition coefficient (Wildman–Crippen LogP) is 3.25. The minimum atomic E-state index is -0.427. The molecule has 0 amide bonds. The Bertz CT molecular complexity index is 849. The zero-order valence-corrected chi connectivity index (χ0v) is 12.4. The molecule has 1 aromatic carbocycles. The summed E-state index contributed by atoms with van der Waals surface area (Å²) in [6, 6.07) is 8.60. The van der Waals surface area contributed by atoms with E-state index in [-0.39, 0.29) is 11.8 Å². The van der Waals surface area contributed by atoms with E-state index in [0.29, 0.717) is 17.7 Å². The number of fused-ring (bicyclic) bond motifs is 1. The molecule has 0 bridgehead atoms. The second kappa shape index (κ2) is 5.69. The molecule has 2 aromatic heterocycles. The molecule has 22 heavy (non-hydrogen) atoms. The van der Waals surface area contributed by atoms with Crippen LogP contribution in [0.1, 0.15) is 29.9 Å². The van der Waals surface area contributed by atoms with Gasteiger partial charge in [0.15, 0.2) is 0 Å². The van der Waals surface area contributed by atoms with Crippen molar-refractivity contribution in [2.24, 2.45) is 0 Å². The number of hydrogen-bond donors (Lipinski definition) is 2. The Balaban J connectivity index is 1.94. The van der Waals surface area contributed by atoms with E-state index in [2.05, 4.69) is 5.32 Å². The summed E-state index contributed by atoms with van der Waals surface area (Å²) in [6.07, 6.45) is 1.63. The van der Waals surface area contributed by atoms with Crippen molar-refractivity contribution in [3.05, 3.63) is 63.9 Å². The molecular weight excluding hydrogens is 282 g/mol. The monoisotopic (exact) mass is 299 g/mol. The third-order valence-electron chi connectivity index (χ3n) is 3.79. The molecule has 0 saturated carbocycles. The number of furan rings is 1. The van der Waals surface area contributed by atoms with Crippen LogP contribution in [0.2, 0.25) is 0 Å². The van der Waals surface area contributed by atoms with Gasteiger partial charge in [0.25, 0.3) is 0 Å². The van der Waals surface area contributed by atoms with Crippen molar-refractivity contribution in [2.45, 2.75) is 26.4 Å². The Morgan fingerprint density at radius 2 is 2.14 bits per heavy atom. The van der Waals surface area contributed by atoms with Crippen molar-refractivity contribution < 1.29 is 13.9 Å². The number of aryl methyl sites for hydroxylation is 1. The third-order valence-corrected chi connectivity index (χ3v) is 3.79. The molecule has 114 valence electrons. The Kier molecular flexibility index (Phi) is 3.73. The Hall–Kier alpha value is -2.53. The normalized spacial score (nSPS) is 12.6. The number of hydrogen-bond acceptors (Lipinski definition) is 5. The van der Waals surface area contributed by atoms with Gasteiger partial charge < -0.3 is 19.3 Å². The van der Waals surface area contributed by atoms with E-state index in [9.17, 15) is 9.90 Å². The number of benzene rings is 1. The van der Waals surface area contributed by atoms with Gasteiger partial charge in [0.2, 0.25) is 0 Å². The maximum absolute atomic E-state index is 11.7. The summed E-state index contributed by atoms with van der Waals surface area (Å²) in [5, 5.41) is 13.9. The molecule has 0 spiro atoms. The van der Waals surface area contributed by atoms with Gasteiger partial charge in [0.05, 0.1) is 12.3 Å². The Labute approximate surface area is 127 Å². The van der Waals surface area contributed by atoms with Gasteiger partial charge in [-0.05, 0) is 43.7 Å². The summed E-state index contributed by atoms with van der Waals surface area (Å²) in [6.45, 7) is 4.21. The molecule has 5 heteroatoms. The third kappa shape index (κ3) is 2.63. The lowest BCUT2D eigenvalue weighted by Crippen LogP contribution is -2.18. The van der Waals surface area contributed by atoms with E-state index in [4.69, 9.17) is 8.83 Å². The fourth-order valence-corrected chi connectivity index (χ4v) is 2.46. The van der Waals surface area contributed by atoms with Gasteiger partial charge in [-0.1, -0.05) is 0 Å². The summed E-state index contributed by atoms with van der Waals surface area (Å²) in [5.74, 6) is 0.950. The first-order valence-electron chi connectivity index (χ1n) is 7.08. The number of phenolic OH excluding ortho intramolecular Hbond substituents is 1. The standard InChI is InChI=1S/C17H17NO4/c1-10-14(19)6-5-13-12(8-16(20)22-17(10)13)9-18-11(2)15-4-3-7-21-15/h3-8,11,18-19H,9H2,1-2H3/t11-/m1/s1. The van der Waals surface area contributed by atoms with Crippen LogP contribution in [-0.4, -0.2) is 5.11 Å². The number of aromatic hydroxyl groups is 1.